The first-order chi connectivity index (χ1) is 18.6. The van der Waals surface area contributed by atoms with E-state index >= 15 is 0 Å². The fourth-order valence-electron chi connectivity index (χ4n) is 3.37. The van der Waals surface area contributed by atoms with Gasteiger partial charge in [0.15, 0.2) is 0 Å². The summed E-state index contributed by atoms with van der Waals surface area (Å²) in [7, 11) is 3.37. The zero-order chi connectivity index (χ0) is 27.0. The predicted octanol–water partition coefficient (Wildman–Crippen LogP) is 5.13. The van der Waals surface area contributed by atoms with Crippen molar-refractivity contribution in [1.29, 1.82) is 0 Å². The first kappa shape index (κ1) is 36.3. The van der Waals surface area contributed by atoms with Gasteiger partial charge in [-0.1, -0.05) is 42.0 Å². The van der Waals surface area contributed by atoms with Crippen molar-refractivity contribution >= 4 is 26.3 Å². The Morgan fingerprint density at radius 3 is 1.77 bits per heavy atom. The van der Waals surface area contributed by atoms with Gasteiger partial charge in [0.1, 0.15) is 23.9 Å². The standard InChI is InChI=1S/C16H19NO2.C14H18NO3S.H2S.Y/c1-18-15-7-3-5-13(9-15)11-17-12-14-6-4-8-16(10-14)19-2;1-12-2-4-14(5-3-12)18-9-8-16-6-7-17-11-13-10-15(13)19;;/h3-10,17H,11-12H2,1-2H3;2-5,10H,6-9,11H2,1H3;1H2;/q;-1;;. The van der Waals surface area contributed by atoms with Crippen LogP contribution in [0.15, 0.2) is 84.7 Å². The molecule has 10 heteroatoms. The zero-order valence-electron chi connectivity index (χ0n) is 23.4. The molecule has 0 unspecified atom stereocenters. The molecule has 1 N–H and O–H groups in total. The van der Waals surface area contributed by atoms with Crippen LogP contribution >= 0.6 is 13.5 Å². The monoisotopic (exact) mass is 660 g/mol. The number of benzene rings is 3. The van der Waals surface area contributed by atoms with Gasteiger partial charge in [0, 0.05) is 57.7 Å². The van der Waals surface area contributed by atoms with Gasteiger partial charge in [0.25, 0.3) is 0 Å². The summed E-state index contributed by atoms with van der Waals surface area (Å²) in [6.45, 7) is 6.51. The van der Waals surface area contributed by atoms with Crippen LogP contribution in [-0.2, 0) is 68.1 Å². The van der Waals surface area contributed by atoms with Crippen molar-refractivity contribution in [3.63, 3.8) is 0 Å². The fourth-order valence-corrected chi connectivity index (χ4v) is 3.55. The van der Waals surface area contributed by atoms with Gasteiger partial charge in [-0.15, -0.1) is 0 Å². The molecule has 0 aliphatic carbocycles. The van der Waals surface area contributed by atoms with E-state index in [-0.39, 0.29) is 46.2 Å². The second-order valence-electron chi connectivity index (χ2n) is 8.58. The van der Waals surface area contributed by atoms with E-state index in [1.807, 2.05) is 66.9 Å². The molecule has 4 rings (SSSR count). The second kappa shape index (κ2) is 21.1. The number of hydrogen-bond donors (Lipinski definition) is 1. The summed E-state index contributed by atoms with van der Waals surface area (Å²) in [4.78, 5) is 0. The van der Waals surface area contributed by atoms with Crippen molar-refractivity contribution in [2.45, 2.75) is 20.0 Å². The predicted molar refractivity (Wildman–Crippen MR) is 163 cm³/mol. The molecule has 215 valence electrons. The largest absolute Gasteiger partial charge is 0.661 e. The Labute approximate surface area is 276 Å². The molecule has 40 heavy (non-hydrogen) atoms. The maximum Gasteiger partial charge on any atom is 0.119 e. The first-order valence-corrected chi connectivity index (χ1v) is 12.9. The summed E-state index contributed by atoms with van der Waals surface area (Å²) in [5.74, 6) is 2.65. The summed E-state index contributed by atoms with van der Waals surface area (Å²) in [6.07, 6.45) is 1.87. The molecular formula is C30H39N2O5S2Y-. The van der Waals surface area contributed by atoms with Crippen LogP contribution in [0, 0.1) is 6.92 Å². The summed E-state index contributed by atoms with van der Waals surface area (Å²) < 4.78 is 28.3. The molecule has 0 amide bonds. The smallest absolute Gasteiger partial charge is 0.119 e. The van der Waals surface area contributed by atoms with Crippen LogP contribution < -0.4 is 19.5 Å². The molecule has 1 aliphatic heterocycles. The van der Waals surface area contributed by atoms with Crippen molar-refractivity contribution in [3.05, 3.63) is 101 Å². The van der Waals surface area contributed by atoms with Crippen LogP contribution in [0.4, 0.5) is 0 Å². The number of hydrogen-bond acceptors (Lipinski definition) is 8. The molecule has 0 atom stereocenters. The second-order valence-corrected chi connectivity index (χ2v) is 8.97. The summed E-state index contributed by atoms with van der Waals surface area (Å²) in [6, 6.07) is 24.1. The molecule has 1 radical (unpaired) electrons. The Kier molecular flexibility index (Phi) is 19.1. The molecule has 7 nitrogen and oxygen atoms in total. The Bertz CT molecular complexity index is 1090. The van der Waals surface area contributed by atoms with Gasteiger partial charge in [-0.05, 0) is 54.4 Å². The topological polar surface area (TPSA) is 61.2 Å². The maximum absolute atomic E-state index is 5.53. The van der Waals surface area contributed by atoms with E-state index < -0.39 is 0 Å². The number of methoxy groups -OCH3 is 2. The van der Waals surface area contributed by atoms with Gasteiger partial charge in [-0.25, -0.2) is 0 Å². The maximum atomic E-state index is 5.53. The number of nitrogens with one attached hydrogen (secondary N) is 1. The zero-order valence-corrected chi connectivity index (χ0v) is 28.1. The van der Waals surface area contributed by atoms with Gasteiger partial charge in [-0.3, -0.25) is 0 Å². The number of nitrogens with zero attached hydrogens (tertiary/aromatic N) is 1. The number of rotatable bonds is 15. The van der Waals surface area contributed by atoms with Crippen LogP contribution in [0.3, 0.4) is 0 Å². The minimum Gasteiger partial charge on any atom is -0.661 e. The quantitative estimate of drug-likeness (QED) is 0.178. The van der Waals surface area contributed by atoms with E-state index in [0.717, 1.165) is 36.0 Å². The molecular weight excluding hydrogens is 621 g/mol. The Balaban J connectivity index is 0.000000381. The van der Waals surface area contributed by atoms with E-state index in [1.165, 1.54) is 16.7 Å². The third-order valence-corrected chi connectivity index (χ3v) is 5.89. The summed E-state index contributed by atoms with van der Waals surface area (Å²) in [5.41, 5.74) is 4.70. The SMILES string of the molecule is COc1cccc(CNCc2cccc(OC)c2)c1.Cc1ccc(OCCOCCOCC2=CN2[S-])cc1.S.[Y]. The molecule has 0 spiro atoms. The normalized spacial score (nSPS) is 11.2. The third kappa shape index (κ3) is 14.8. The van der Waals surface area contributed by atoms with E-state index in [1.54, 1.807) is 18.5 Å². The molecule has 0 saturated heterocycles. The minimum absolute atomic E-state index is 0. The van der Waals surface area contributed by atoms with Crippen LogP contribution in [0.25, 0.3) is 0 Å². The minimum atomic E-state index is 0. The van der Waals surface area contributed by atoms with E-state index in [4.69, 9.17) is 36.5 Å². The van der Waals surface area contributed by atoms with Crippen LogP contribution in [0.5, 0.6) is 17.2 Å². The Morgan fingerprint density at radius 2 is 1.25 bits per heavy atom. The Hall–Kier alpha value is -1.72. The van der Waals surface area contributed by atoms with Crippen molar-refractivity contribution in [1.82, 2.24) is 9.62 Å². The van der Waals surface area contributed by atoms with Crippen molar-refractivity contribution in [3.8, 4) is 17.2 Å². The van der Waals surface area contributed by atoms with Crippen LogP contribution in [0.2, 0.25) is 0 Å². The molecule has 1 aliphatic rings. The van der Waals surface area contributed by atoms with Crippen molar-refractivity contribution < 1.29 is 56.4 Å². The molecule has 3 aromatic carbocycles. The molecule has 0 fully saturated rings. The van der Waals surface area contributed by atoms with Gasteiger partial charge in [0.05, 0.1) is 40.6 Å². The van der Waals surface area contributed by atoms with E-state index in [2.05, 4.69) is 24.4 Å². The van der Waals surface area contributed by atoms with Gasteiger partial charge in [-0.2, -0.15) is 13.5 Å². The molecule has 0 saturated carbocycles. The van der Waals surface area contributed by atoms with Crippen molar-refractivity contribution in [2.75, 3.05) is 47.3 Å². The van der Waals surface area contributed by atoms with Crippen molar-refractivity contribution in [2.24, 2.45) is 0 Å². The van der Waals surface area contributed by atoms with Gasteiger partial charge < -0.3 is 46.1 Å². The van der Waals surface area contributed by atoms with Gasteiger partial charge in [0.2, 0.25) is 0 Å². The molecule has 0 aromatic heterocycles. The number of aryl methyl sites for hydroxylation is 1. The Morgan fingerprint density at radius 1 is 0.725 bits per heavy atom. The van der Waals surface area contributed by atoms with Crippen LogP contribution in [0.1, 0.15) is 16.7 Å². The molecule has 1 heterocycles. The molecule has 0 bridgehead atoms. The van der Waals surface area contributed by atoms with Crippen LogP contribution in [-0.4, -0.2) is 51.6 Å². The summed E-state index contributed by atoms with van der Waals surface area (Å²) >= 11 is 4.86. The van der Waals surface area contributed by atoms with E-state index in [9.17, 15) is 0 Å². The van der Waals surface area contributed by atoms with Gasteiger partial charge >= 0.3 is 0 Å². The first-order valence-electron chi connectivity index (χ1n) is 12.6. The van der Waals surface area contributed by atoms with E-state index in [0.29, 0.717) is 33.0 Å². The average molecular weight is 661 g/mol. The fraction of sp³-hybridized carbons (Fsp3) is 0.333. The average Bonchev–Trinajstić information content (AvgIpc) is 3.66. The summed E-state index contributed by atoms with van der Waals surface area (Å²) in [5, 5.41) is 3.41. The number of ether oxygens (including phenoxy) is 5. The third-order valence-electron chi connectivity index (χ3n) is 5.55. The molecule has 3 aromatic rings.